The zero-order valence-electron chi connectivity index (χ0n) is 22.1. The van der Waals surface area contributed by atoms with Crippen LogP contribution in [0.25, 0.3) is 0 Å². The van der Waals surface area contributed by atoms with Gasteiger partial charge in [-0.3, -0.25) is 14.6 Å². The number of amides is 4. The fourth-order valence-electron chi connectivity index (χ4n) is 4.14. The van der Waals surface area contributed by atoms with E-state index in [4.69, 9.17) is 4.74 Å². The van der Waals surface area contributed by atoms with Gasteiger partial charge in [0.1, 0.15) is 11.9 Å². The van der Waals surface area contributed by atoms with E-state index in [1.54, 1.807) is 66.5 Å². The molecule has 0 saturated heterocycles. The van der Waals surface area contributed by atoms with Crippen LogP contribution in [0.2, 0.25) is 0 Å². The van der Waals surface area contributed by atoms with Crippen LogP contribution in [0.1, 0.15) is 43.6 Å². The zero-order valence-corrected chi connectivity index (χ0v) is 22.1. The lowest BCUT2D eigenvalue weighted by molar-refractivity contribution is -0.134. The molecule has 3 rings (SSSR count). The largest absolute Gasteiger partial charge is 0.488 e. The number of fused-ring (bicyclic) bond motifs is 1. The number of aliphatic hydroxyl groups excluding tert-OH is 1. The molecular weight excluding hydrogens is 474 g/mol. The molecule has 200 valence electrons. The summed E-state index contributed by atoms with van der Waals surface area (Å²) in [5.41, 5.74) is 1.60. The maximum absolute atomic E-state index is 13.3. The molecular formula is C27H37N5O5. The number of urea groups is 1. The van der Waals surface area contributed by atoms with E-state index in [9.17, 15) is 19.5 Å². The maximum Gasteiger partial charge on any atom is 0.317 e. The molecule has 1 aromatic carbocycles. The molecule has 3 atom stereocenters. The van der Waals surface area contributed by atoms with Gasteiger partial charge in [0, 0.05) is 54.8 Å². The number of rotatable bonds is 7. The van der Waals surface area contributed by atoms with Crippen LogP contribution in [0.4, 0.5) is 10.5 Å². The molecule has 1 aromatic heterocycles. The lowest BCUT2D eigenvalue weighted by atomic mass is 10.0. The van der Waals surface area contributed by atoms with Crippen molar-refractivity contribution >= 4 is 23.5 Å². The molecule has 0 saturated carbocycles. The molecule has 2 aromatic rings. The Hall–Kier alpha value is -3.66. The molecule has 37 heavy (non-hydrogen) atoms. The van der Waals surface area contributed by atoms with E-state index in [1.807, 2.05) is 20.8 Å². The number of likely N-dealkylation sites (N-methyl/N-ethyl adjacent to an activating group) is 1. The number of hydrogen-bond donors (Lipinski definition) is 3. The van der Waals surface area contributed by atoms with Crippen molar-refractivity contribution in [3.8, 4) is 5.75 Å². The number of ether oxygens (including phenoxy) is 1. The molecule has 0 unspecified atom stereocenters. The highest BCUT2D eigenvalue weighted by atomic mass is 16.5. The first kappa shape index (κ1) is 27.9. The molecule has 10 heteroatoms. The number of nitrogens with one attached hydrogen (secondary N) is 2. The first-order chi connectivity index (χ1) is 17.6. The van der Waals surface area contributed by atoms with Crippen LogP contribution in [0.5, 0.6) is 5.75 Å². The Labute approximate surface area is 218 Å². The quantitative estimate of drug-likeness (QED) is 0.525. The third-order valence-corrected chi connectivity index (χ3v) is 6.33. The Morgan fingerprint density at radius 2 is 1.92 bits per heavy atom. The number of nitrogens with zero attached hydrogens (tertiary/aromatic N) is 3. The lowest BCUT2D eigenvalue weighted by Crippen LogP contribution is -2.49. The second-order valence-electron chi connectivity index (χ2n) is 9.89. The normalized spacial score (nSPS) is 18.6. The first-order valence-corrected chi connectivity index (χ1v) is 12.5. The number of anilines is 1. The molecule has 0 spiro atoms. The van der Waals surface area contributed by atoms with Crippen molar-refractivity contribution in [1.29, 1.82) is 0 Å². The van der Waals surface area contributed by atoms with Crippen LogP contribution in [0.3, 0.4) is 0 Å². The van der Waals surface area contributed by atoms with Crippen LogP contribution >= 0.6 is 0 Å². The van der Waals surface area contributed by atoms with Crippen molar-refractivity contribution in [1.82, 2.24) is 20.1 Å². The third-order valence-electron chi connectivity index (χ3n) is 6.33. The summed E-state index contributed by atoms with van der Waals surface area (Å²) in [6, 6.07) is 7.84. The van der Waals surface area contributed by atoms with E-state index in [0.717, 1.165) is 0 Å². The summed E-state index contributed by atoms with van der Waals surface area (Å²) in [6.07, 6.45) is 2.71. The van der Waals surface area contributed by atoms with Crippen LogP contribution in [-0.2, 0) is 11.2 Å². The Kier molecular flexibility index (Phi) is 9.46. The number of carbonyl (C=O) groups excluding carboxylic acids is 3. The molecule has 0 radical (unpaired) electrons. The van der Waals surface area contributed by atoms with Gasteiger partial charge in [0.15, 0.2) is 0 Å². The number of benzene rings is 1. The number of carbonyl (C=O) groups is 3. The van der Waals surface area contributed by atoms with Gasteiger partial charge < -0.3 is 30.3 Å². The standard InChI is InChI=1S/C27H37N5O5/c1-17(2)29-27(36)31(5)15-24-18(3)14-32(19(4)16-33)25(34)13-21-12-22(6-7-23(21)37-24)30-26(35)20-8-10-28-11-9-20/h6-12,17-19,24,33H,13-16H2,1-5H3,(H,29,36)(H,30,35)/t18-,19-,24-/m1/s1. The van der Waals surface area contributed by atoms with E-state index in [2.05, 4.69) is 15.6 Å². The summed E-state index contributed by atoms with van der Waals surface area (Å²) in [7, 11) is 1.71. The average molecular weight is 512 g/mol. The molecule has 1 aliphatic heterocycles. The van der Waals surface area contributed by atoms with Gasteiger partial charge in [-0.25, -0.2) is 4.79 Å². The van der Waals surface area contributed by atoms with Gasteiger partial charge in [0.2, 0.25) is 5.91 Å². The number of aliphatic hydroxyl groups is 1. The summed E-state index contributed by atoms with van der Waals surface area (Å²) in [5, 5.41) is 15.5. The Morgan fingerprint density at radius 1 is 1.22 bits per heavy atom. The van der Waals surface area contributed by atoms with Crippen LogP contribution in [0.15, 0.2) is 42.7 Å². The fourth-order valence-corrected chi connectivity index (χ4v) is 4.14. The summed E-state index contributed by atoms with van der Waals surface area (Å²) >= 11 is 0. The minimum absolute atomic E-state index is 0.00570. The third kappa shape index (κ3) is 7.42. The Balaban J connectivity index is 1.91. The van der Waals surface area contributed by atoms with Gasteiger partial charge in [-0.2, -0.15) is 0 Å². The van der Waals surface area contributed by atoms with Gasteiger partial charge >= 0.3 is 6.03 Å². The van der Waals surface area contributed by atoms with Crippen molar-refractivity contribution in [3.05, 3.63) is 53.9 Å². The van der Waals surface area contributed by atoms with Crippen molar-refractivity contribution in [2.24, 2.45) is 5.92 Å². The van der Waals surface area contributed by atoms with Gasteiger partial charge in [-0.05, 0) is 51.1 Å². The zero-order chi connectivity index (χ0) is 27.1. The Bertz CT molecular complexity index is 1090. The molecule has 3 N–H and O–H groups in total. The molecule has 0 aliphatic carbocycles. The second kappa shape index (κ2) is 12.5. The maximum atomic E-state index is 13.3. The van der Waals surface area contributed by atoms with Crippen molar-refractivity contribution < 1.29 is 24.2 Å². The highest BCUT2D eigenvalue weighted by molar-refractivity contribution is 6.04. The predicted octanol–water partition coefficient (Wildman–Crippen LogP) is 2.53. The molecule has 2 heterocycles. The van der Waals surface area contributed by atoms with Crippen LogP contribution < -0.4 is 15.4 Å². The van der Waals surface area contributed by atoms with Crippen LogP contribution in [0, 0.1) is 5.92 Å². The average Bonchev–Trinajstić information content (AvgIpc) is 2.91. The minimum Gasteiger partial charge on any atom is -0.488 e. The highest BCUT2D eigenvalue weighted by Gasteiger charge is 2.32. The SMILES string of the molecule is CC(C)NC(=O)N(C)C[C@H]1Oc2ccc(NC(=O)c3ccncc3)cc2CC(=O)N([C@H](C)CO)C[C@H]1C. The second-order valence-corrected chi connectivity index (χ2v) is 9.89. The number of hydrogen-bond acceptors (Lipinski definition) is 6. The van der Waals surface area contributed by atoms with E-state index in [0.29, 0.717) is 35.7 Å². The van der Waals surface area contributed by atoms with E-state index >= 15 is 0 Å². The molecule has 1 aliphatic rings. The van der Waals surface area contributed by atoms with Gasteiger partial charge in [-0.15, -0.1) is 0 Å². The summed E-state index contributed by atoms with van der Waals surface area (Å²) < 4.78 is 6.43. The number of pyridine rings is 1. The molecule has 10 nitrogen and oxygen atoms in total. The minimum atomic E-state index is -0.418. The summed E-state index contributed by atoms with van der Waals surface area (Å²) in [6.45, 7) is 8.05. The molecule has 4 amide bonds. The fraction of sp³-hybridized carbons (Fsp3) is 0.481. The highest BCUT2D eigenvalue weighted by Crippen LogP contribution is 2.29. The molecule has 0 fully saturated rings. The van der Waals surface area contributed by atoms with E-state index < -0.39 is 6.10 Å². The van der Waals surface area contributed by atoms with Crippen molar-refractivity contribution in [3.63, 3.8) is 0 Å². The van der Waals surface area contributed by atoms with Crippen molar-refractivity contribution in [2.75, 3.05) is 32.1 Å². The lowest BCUT2D eigenvalue weighted by Gasteiger charge is -2.34. The van der Waals surface area contributed by atoms with Crippen LogP contribution in [-0.4, -0.2) is 82.7 Å². The van der Waals surface area contributed by atoms with Gasteiger partial charge in [-0.1, -0.05) is 6.92 Å². The first-order valence-electron chi connectivity index (χ1n) is 12.5. The van der Waals surface area contributed by atoms with E-state index in [-0.39, 0.29) is 48.9 Å². The van der Waals surface area contributed by atoms with Gasteiger partial charge in [0.25, 0.3) is 5.91 Å². The van der Waals surface area contributed by atoms with Crippen molar-refractivity contribution in [2.45, 2.75) is 52.3 Å². The summed E-state index contributed by atoms with van der Waals surface area (Å²) in [4.78, 5) is 45.7. The predicted molar refractivity (Wildman–Crippen MR) is 140 cm³/mol. The van der Waals surface area contributed by atoms with E-state index in [1.165, 1.54) is 0 Å². The molecule has 0 bridgehead atoms. The van der Waals surface area contributed by atoms with Gasteiger partial charge in [0.05, 0.1) is 25.6 Å². The smallest absolute Gasteiger partial charge is 0.317 e. The number of aromatic nitrogens is 1. The Morgan fingerprint density at radius 3 is 2.57 bits per heavy atom. The monoisotopic (exact) mass is 511 g/mol. The topological polar surface area (TPSA) is 124 Å². The summed E-state index contributed by atoms with van der Waals surface area (Å²) in [5.74, 6) is -0.0626.